The second-order valence-electron chi connectivity index (χ2n) is 4.51. The zero-order chi connectivity index (χ0) is 17.2. The highest BCUT2D eigenvalue weighted by Gasteiger charge is 2.34. The van der Waals surface area contributed by atoms with Crippen LogP contribution in [0.15, 0.2) is 35.2 Å². The fraction of sp³-hybridized carbons (Fsp3) is 0.200. The molecule has 23 heavy (non-hydrogen) atoms. The predicted octanol–water partition coefficient (Wildman–Crippen LogP) is 5.37. The zero-order valence-electron chi connectivity index (χ0n) is 11.7. The molecule has 8 heteroatoms. The average molecular weight is 367 g/mol. The summed E-state index contributed by atoms with van der Waals surface area (Å²) < 4.78 is 63.1. The number of hydrogen-bond donors (Lipinski definition) is 1. The second-order valence-corrected chi connectivity index (χ2v) is 5.40. The van der Waals surface area contributed by atoms with Crippen LogP contribution in [0.25, 0.3) is 0 Å². The molecule has 0 aromatic heterocycles. The summed E-state index contributed by atoms with van der Waals surface area (Å²) in [5.74, 6) is -1.05. The Morgan fingerprint density at radius 2 is 1.87 bits per heavy atom. The molecule has 0 aliphatic rings. The third-order valence-corrected chi connectivity index (χ3v) is 3.85. The largest absolute Gasteiger partial charge is 0.496 e. The number of halogens is 5. The first-order valence-corrected chi connectivity index (χ1v) is 7.10. The minimum Gasteiger partial charge on any atom is -0.496 e. The highest BCUT2D eigenvalue weighted by molar-refractivity contribution is 7.80. The Hall–Kier alpha value is -1.60. The van der Waals surface area contributed by atoms with Crippen molar-refractivity contribution in [1.82, 2.24) is 0 Å². The smallest absolute Gasteiger partial charge is 0.416 e. The molecule has 0 heterocycles. The fourth-order valence-corrected chi connectivity index (χ4v) is 2.28. The first-order valence-electron chi connectivity index (χ1n) is 6.28. The van der Waals surface area contributed by atoms with Gasteiger partial charge in [-0.1, -0.05) is 17.7 Å². The summed E-state index contributed by atoms with van der Waals surface area (Å²) in [7, 11) is 1.24. The summed E-state index contributed by atoms with van der Waals surface area (Å²) in [5.41, 5.74) is -1.14. The van der Waals surface area contributed by atoms with E-state index in [1.807, 2.05) is 0 Å². The molecule has 2 aromatic rings. The van der Waals surface area contributed by atoms with Gasteiger partial charge in [-0.2, -0.15) is 13.2 Å². The molecule has 2 aromatic carbocycles. The Bertz CT molecular complexity index is 719. The van der Waals surface area contributed by atoms with Gasteiger partial charge in [0.2, 0.25) is 0 Å². The van der Waals surface area contributed by atoms with Crippen molar-refractivity contribution >= 4 is 24.2 Å². The fourth-order valence-electron chi connectivity index (χ4n) is 1.95. The van der Waals surface area contributed by atoms with Gasteiger partial charge in [0.05, 0.1) is 17.7 Å². The normalized spacial score (nSPS) is 11.4. The van der Waals surface area contributed by atoms with Gasteiger partial charge in [-0.05, 0) is 18.2 Å². The van der Waals surface area contributed by atoms with Gasteiger partial charge < -0.3 is 9.47 Å². The molecule has 0 aliphatic carbocycles. The Morgan fingerprint density at radius 3 is 2.48 bits per heavy atom. The lowest BCUT2D eigenvalue weighted by molar-refractivity contribution is -0.138. The van der Waals surface area contributed by atoms with Crippen LogP contribution >= 0.6 is 24.2 Å². The quantitative estimate of drug-likeness (QED) is 0.579. The molecule has 2 rings (SSSR count). The van der Waals surface area contributed by atoms with E-state index in [9.17, 15) is 17.6 Å². The Morgan fingerprint density at radius 1 is 1.17 bits per heavy atom. The van der Waals surface area contributed by atoms with Crippen LogP contribution < -0.4 is 9.47 Å². The second kappa shape index (κ2) is 6.88. The molecule has 0 bridgehead atoms. The van der Waals surface area contributed by atoms with Crippen molar-refractivity contribution in [3.63, 3.8) is 0 Å². The maximum absolute atomic E-state index is 13.8. The molecule has 124 valence electrons. The average Bonchev–Trinajstić information content (AvgIpc) is 2.48. The molecule has 0 atom stereocenters. The molecular formula is C15H11ClF4O2S. The van der Waals surface area contributed by atoms with Gasteiger partial charge in [0.1, 0.15) is 12.4 Å². The van der Waals surface area contributed by atoms with Gasteiger partial charge in [-0.25, -0.2) is 4.39 Å². The topological polar surface area (TPSA) is 18.5 Å². The monoisotopic (exact) mass is 366 g/mol. The van der Waals surface area contributed by atoms with Crippen molar-refractivity contribution in [2.75, 3.05) is 7.11 Å². The molecule has 0 saturated heterocycles. The van der Waals surface area contributed by atoms with Crippen LogP contribution in [0.3, 0.4) is 0 Å². The van der Waals surface area contributed by atoms with Crippen LogP contribution in [0.2, 0.25) is 5.02 Å². The van der Waals surface area contributed by atoms with Crippen LogP contribution in [-0.2, 0) is 12.8 Å². The van der Waals surface area contributed by atoms with Crippen molar-refractivity contribution in [1.29, 1.82) is 0 Å². The first kappa shape index (κ1) is 17.7. The lowest BCUT2D eigenvalue weighted by Gasteiger charge is -2.17. The zero-order valence-corrected chi connectivity index (χ0v) is 13.4. The van der Waals surface area contributed by atoms with E-state index in [1.165, 1.54) is 19.2 Å². The van der Waals surface area contributed by atoms with E-state index in [1.54, 1.807) is 0 Å². The van der Waals surface area contributed by atoms with Crippen LogP contribution in [0.4, 0.5) is 17.6 Å². The number of methoxy groups -OCH3 is 1. The number of hydrogen-bond acceptors (Lipinski definition) is 3. The highest BCUT2D eigenvalue weighted by Crippen LogP contribution is 2.37. The number of benzene rings is 2. The van der Waals surface area contributed by atoms with Crippen molar-refractivity contribution in [2.24, 2.45) is 0 Å². The Kier molecular flexibility index (Phi) is 5.31. The van der Waals surface area contributed by atoms with Gasteiger partial charge >= 0.3 is 6.18 Å². The molecule has 0 N–H and O–H groups in total. The Balaban J connectivity index is 2.35. The molecule has 0 fully saturated rings. The molecular weight excluding hydrogens is 356 g/mol. The van der Waals surface area contributed by atoms with Crippen molar-refractivity contribution in [3.8, 4) is 11.5 Å². The van der Waals surface area contributed by atoms with E-state index < -0.39 is 24.2 Å². The van der Waals surface area contributed by atoms with Crippen molar-refractivity contribution < 1.29 is 27.0 Å². The molecule has 0 amide bonds. The van der Waals surface area contributed by atoms with E-state index in [4.69, 9.17) is 21.1 Å². The predicted molar refractivity (Wildman–Crippen MR) is 81.0 cm³/mol. The molecule has 0 radical (unpaired) electrons. The van der Waals surface area contributed by atoms with Crippen LogP contribution in [0.5, 0.6) is 11.5 Å². The number of ether oxygens (including phenoxy) is 2. The van der Waals surface area contributed by atoms with Crippen molar-refractivity contribution in [2.45, 2.75) is 17.7 Å². The van der Waals surface area contributed by atoms with Gasteiger partial charge in [0.25, 0.3) is 0 Å². The van der Waals surface area contributed by atoms with Crippen LogP contribution in [-0.4, -0.2) is 7.11 Å². The standard InChI is InChI=1S/C15H11ClF4O2S/c1-21-12-4-2-3-9(15(18,19)20)8(12)7-22-13-5-10(16)14(23)6-11(13)17/h2-6,23H,7H2,1H3. The molecule has 2 nitrogen and oxygen atoms in total. The minimum atomic E-state index is -4.58. The third kappa shape index (κ3) is 4.03. The Labute approximate surface area is 140 Å². The molecule has 0 saturated carbocycles. The van der Waals surface area contributed by atoms with Gasteiger partial charge in [0, 0.05) is 16.5 Å². The summed E-state index contributed by atoms with van der Waals surface area (Å²) in [6.07, 6.45) is -4.58. The van der Waals surface area contributed by atoms with E-state index in [-0.39, 0.29) is 27.0 Å². The molecule has 0 unspecified atom stereocenters. The summed E-state index contributed by atoms with van der Waals surface area (Å²) in [6, 6.07) is 5.67. The minimum absolute atomic E-state index is 0.00264. The van der Waals surface area contributed by atoms with E-state index in [2.05, 4.69) is 12.6 Å². The molecule has 0 spiro atoms. The summed E-state index contributed by atoms with van der Waals surface area (Å²) >= 11 is 9.74. The third-order valence-electron chi connectivity index (χ3n) is 3.03. The molecule has 0 aliphatic heterocycles. The SMILES string of the molecule is COc1cccc(C(F)(F)F)c1COc1cc(Cl)c(S)cc1F. The maximum atomic E-state index is 13.8. The van der Waals surface area contributed by atoms with E-state index >= 15 is 0 Å². The van der Waals surface area contributed by atoms with Crippen LogP contribution in [0.1, 0.15) is 11.1 Å². The van der Waals surface area contributed by atoms with Gasteiger partial charge in [-0.15, -0.1) is 12.6 Å². The lowest BCUT2D eigenvalue weighted by Crippen LogP contribution is -2.12. The number of thiol groups is 1. The summed E-state index contributed by atoms with van der Waals surface area (Å²) in [4.78, 5) is 0.199. The lowest BCUT2D eigenvalue weighted by atomic mass is 10.1. The van der Waals surface area contributed by atoms with Gasteiger partial charge in [-0.3, -0.25) is 0 Å². The summed E-state index contributed by atoms with van der Waals surface area (Å²) in [5, 5.41) is 0.126. The number of alkyl halides is 3. The van der Waals surface area contributed by atoms with Gasteiger partial charge in [0.15, 0.2) is 11.6 Å². The van der Waals surface area contributed by atoms with E-state index in [0.29, 0.717) is 0 Å². The van der Waals surface area contributed by atoms with Crippen LogP contribution in [0, 0.1) is 5.82 Å². The van der Waals surface area contributed by atoms with Crippen molar-refractivity contribution in [3.05, 3.63) is 52.3 Å². The highest BCUT2D eigenvalue weighted by atomic mass is 35.5. The number of rotatable bonds is 4. The first-order chi connectivity index (χ1) is 10.7. The summed E-state index contributed by atoms with van der Waals surface area (Å²) in [6.45, 7) is -0.530. The maximum Gasteiger partial charge on any atom is 0.416 e. The van der Waals surface area contributed by atoms with E-state index in [0.717, 1.165) is 18.2 Å².